The van der Waals surface area contributed by atoms with E-state index >= 15 is 0 Å². The smallest absolute Gasteiger partial charge is 0.241 e. The molecule has 5 heteroatoms. The molecule has 28 heavy (non-hydrogen) atoms. The van der Waals surface area contributed by atoms with E-state index in [4.69, 9.17) is 0 Å². The molecule has 3 fully saturated rings. The molecule has 4 nitrogen and oxygen atoms in total. The SMILES string of the molecule is O=C(C(C1=CCCCCC1)C1CCCCC1)C1CCN[C@H]1C(=O)N1CCSC1. The second kappa shape index (κ2) is 9.80. The monoisotopic (exact) mass is 404 g/mol. The van der Waals surface area contributed by atoms with E-state index in [9.17, 15) is 9.59 Å². The third kappa shape index (κ3) is 4.51. The van der Waals surface area contributed by atoms with Crippen LogP contribution in [0.5, 0.6) is 0 Å². The summed E-state index contributed by atoms with van der Waals surface area (Å²) in [6.07, 6.45) is 15.4. The molecular formula is C23H36N2O2S. The number of carbonyl (C=O) groups excluding carboxylic acids is 2. The highest BCUT2D eigenvalue weighted by Crippen LogP contribution is 2.40. The second-order valence-corrected chi connectivity index (χ2v) is 10.2. The first-order valence-electron chi connectivity index (χ1n) is 11.6. The summed E-state index contributed by atoms with van der Waals surface area (Å²) in [7, 11) is 0. The van der Waals surface area contributed by atoms with Gasteiger partial charge in [0.15, 0.2) is 0 Å². The zero-order valence-electron chi connectivity index (χ0n) is 17.2. The van der Waals surface area contributed by atoms with Crippen molar-refractivity contribution in [2.45, 2.75) is 76.7 Å². The molecule has 156 valence electrons. The van der Waals surface area contributed by atoms with E-state index in [2.05, 4.69) is 11.4 Å². The topological polar surface area (TPSA) is 49.4 Å². The van der Waals surface area contributed by atoms with Crippen LogP contribution in [0.1, 0.15) is 70.6 Å². The molecule has 2 saturated heterocycles. The minimum atomic E-state index is -0.288. The number of nitrogens with one attached hydrogen (secondary N) is 1. The first-order chi connectivity index (χ1) is 13.8. The lowest BCUT2D eigenvalue weighted by Crippen LogP contribution is -2.48. The fraction of sp³-hybridized carbons (Fsp3) is 0.826. The Morgan fingerprint density at radius 3 is 2.68 bits per heavy atom. The highest BCUT2D eigenvalue weighted by atomic mass is 32.2. The molecule has 1 amide bonds. The van der Waals surface area contributed by atoms with Gasteiger partial charge in [-0.1, -0.05) is 37.3 Å². The Morgan fingerprint density at radius 1 is 1.07 bits per heavy atom. The quantitative estimate of drug-likeness (QED) is 0.699. The van der Waals surface area contributed by atoms with Crippen molar-refractivity contribution >= 4 is 23.5 Å². The number of nitrogens with zero attached hydrogens (tertiary/aromatic N) is 1. The summed E-state index contributed by atoms with van der Waals surface area (Å²) in [6.45, 7) is 1.63. The van der Waals surface area contributed by atoms with Gasteiger partial charge in [-0.25, -0.2) is 0 Å². The van der Waals surface area contributed by atoms with Gasteiger partial charge >= 0.3 is 0 Å². The maximum absolute atomic E-state index is 13.9. The van der Waals surface area contributed by atoms with E-state index in [-0.39, 0.29) is 23.8 Å². The Kier molecular flexibility index (Phi) is 7.16. The molecule has 4 rings (SSSR count). The Bertz CT molecular complexity index is 593. The van der Waals surface area contributed by atoms with E-state index in [0.717, 1.165) is 44.0 Å². The van der Waals surface area contributed by atoms with Crippen LogP contribution in [0.25, 0.3) is 0 Å². The van der Waals surface area contributed by atoms with Gasteiger partial charge in [0.05, 0.1) is 11.9 Å². The van der Waals surface area contributed by atoms with Crippen LogP contribution in [-0.4, -0.2) is 47.4 Å². The van der Waals surface area contributed by atoms with Crippen molar-refractivity contribution in [2.24, 2.45) is 17.8 Å². The van der Waals surface area contributed by atoms with Crippen molar-refractivity contribution in [3.63, 3.8) is 0 Å². The highest BCUT2D eigenvalue weighted by Gasteiger charge is 2.44. The van der Waals surface area contributed by atoms with Gasteiger partial charge in [0, 0.05) is 24.1 Å². The number of Topliss-reactive ketones (excluding diaryl/α,β-unsaturated/α-hetero) is 1. The molecule has 0 spiro atoms. The maximum Gasteiger partial charge on any atom is 0.241 e. The summed E-state index contributed by atoms with van der Waals surface area (Å²) in [6, 6.07) is -0.288. The van der Waals surface area contributed by atoms with Crippen LogP contribution in [0, 0.1) is 17.8 Å². The van der Waals surface area contributed by atoms with Gasteiger partial charge in [0.1, 0.15) is 5.78 Å². The van der Waals surface area contributed by atoms with Gasteiger partial charge in [-0.2, -0.15) is 0 Å². The molecule has 1 N–H and O–H groups in total. The van der Waals surface area contributed by atoms with Crippen molar-refractivity contribution in [3.8, 4) is 0 Å². The molecule has 0 aromatic rings. The van der Waals surface area contributed by atoms with Crippen LogP contribution >= 0.6 is 11.8 Å². The molecule has 2 aliphatic carbocycles. The predicted octanol–water partition coefficient (Wildman–Crippen LogP) is 4.15. The van der Waals surface area contributed by atoms with Gasteiger partial charge in [-0.15, -0.1) is 11.8 Å². The van der Waals surface area contributed by atoms with E-state index in [0.29, 0.717) is 11.7 Å². The van der Waals surface area contributed by atoms with Gasteiger partial charge in [0.2, 0.25) is 5.91 Å². The summed E-state index contributed by atoms with van der Waals surface area (Å²) in [5, 5.41) is 3.40. The Morgan fingerprint density at radius 2 is 1.89 bits per heavy atom. The van der Waals surface area contributed by atoms with E-state index in [1.165, 1.54) is 56.9 Å². The first kappa shape index (κ1) is 20.5. The Balaban J connectivity index is 1.54. The van der Waals surface area contributed by atoms with Crippen molar-refractivity contribution in [3.05, 3.63) is 11.6 Å². The van der Waals surface area contributed by atoms with Crippen LogP contribution in [-0.2, 0) is 9.59 Å². The summed E-state index contributed by atoms with van der Waals surface area (Å²) in [4.78, 5) is 29.0. The van der Waals surface area contributed by atoms with Crippen molar-refractivity contribution < 1.29 is 9.59 Å². The molecule has 2 heterocycles. The summed E-state index contributed by atoms with van der Waals surface area (Å²) in [5.41, 5.74) is 1.42. The minimum absolute atomic E-state index is 0.0755. The number of thioether (sulfide) groups is 1. The Hall–Kier alpha value is -0.810. The molecule has 0 radical (unpaired) electrons. The fourth-order valence-electron chi connectivity index (χ4n) is 5.79. The zero-order chi connectivity index (χ0) is 19.3. The van der Waals surface area contributed by atoms with E-state index in [1.807, 2.05) is 16.7 Å². The predicted molar refractivity (Wildman–Crippen MR) is 115 cm³/mol. The van der Waals surface area contributed by atoms with E-state index in [1.54, 1.807) is 0 Å². The second-order valence-electron chi connectivity index (χ2n) is 9.12. The number of amides is 1. The average Bonchev–Trinajstić information content (AvgIpc) is 3.37. The summed E-state index contributed by atoms with van der Waals surface area (Å²) >= 11 is 1.82. The van der Waals surface area contributed by atoms with Gasteiger partial charge < -0.3 is 10.2 Å². The van der Waals surface area contributed by atoms with Gasteiger partial charge in [0.25, 0.3) is 0 Å². The maximum atomic E-state index is 13.9. The zero-order valence-corrected chi connectivity index (χ0v) is 18.0. The fourth-order valence-corrected chi connectivity index (χ4v) is 6.75. The number of rotatable bonds is 5. The van der Waals surface area contributed by atoms with Crippen LogP contribution in [0.4, 0.5) is 0 Å². The highest BCUT2D eigenvalue weighted by molar-refractivity contribution is 7.99. The largest absolute Gasteiger partial charge is 0.331 e. The number of hydrogen-bond acceptors (Lipinski definition) is 4. The number of allylic oxidation sites excluding steroid dienone is 2. The molecule has 2 aliphatic heterocycles. The molecule has 0 aromatic heterocycles. The molecule has 1 saturated carbocycles. The lowest BCUT2D eigenvalue weighted by atomic mass is 9.70. The third-order valence-corrected chi connectivity index (χ3v) is 8.29. The molecule has 0 aromatic carbocycles. The van der Waals surface area contributed by atoms with Crippen LogP contribution in [0.15, 0.2) is 11.6 Å². The standard InChI is InChI=1S/C23H36N2O2S/c26-22(19-12-13-24-21(19)23(27)25-14-15-28-16-25)20(18-10-6-3-7-11-18)17-8-4-1-2-5-9-17/h8,18-21,24H,1-7,9-16H2/t19?,20?,21-/m1/s1. The Labute approximate surface area is 174 Å². The van der Waals surface area contributed by atoms with Crippen molar-refractivity contribution in [1.29, 1.82) is 0 Å². The van der Waals surface area contributed by atoms with Crippen LogP contribution in [0.3, 0.4) is 0 Å². The number of hydrogen-bond donors (Lipinski definition) is 1. The lowest BCUT2D eigenvalue weighted by Gasteiger charge is -2.34. The first-order valence-corrected chi connectivity index (χ1v) is 12.7. The van der Waals surface area contributed by atoms with Crippen molar-refractivity contribution in [2.75, 3.05) is 24.7 Å². The van der Waals surface area contributed by atoms with Crippen molar-refractivity contribution in [1.82, 2.24) is 10.2 Å². The minimum Gasteiger partial charge on any atom is -0.331 e. The number of carbonyl (C=O) groups is 2. The molecule has 2 unspecified atom stereocenters. The molecular weight excluding hydrogens is 368 g/mol. The number of ketones is 1. The summed E-state index contributed by atoms with van der Waals surface area (Å²) in [5.74, 6) is 2.81. The van der Waals surface area contributed by atoms with Crippen LogP contribution in [0.2, 0.25) is 0 Å². The lowest BCUT2D eigenvalue weighted by molar-refractivity contribution is -0.137. The van der Waals surface area contributed by atoms with E-state index < -0.39 is 0 Å². The average molecular weight is 405 g/mol. The molecule has 0 bridgehead atoms. The normalized spacial score (nSPS) is 30.7. The van der Waals surface area contributed by atoms with Crippen LogP contribution < -0.4 is 5.32 Å². The third-order valence-electron chi connectivity index (χ3n) is 7.32. The van der Waals surface area contributed by atoms with Gasteiger partial charge in [-0.3, -0.25) is 9.59 Å². The summed E-state index contributed by atoms with van der Waals surface area (Å²) < 4.78 is 0. The van der Waals surface area contributed by atoms with Gasteiger partial charge in [-0.05, 0) is 57.4 Å². The molecule has 4 aliphatic rings. The molecule has 3 atom stereocenters.